The summed E-state index contributed by atoms with van der Waals surface area (Å²) in [4.78, 5) is 15.7. The van der Waals surface area contributed by atoms with Crippen molar-refractivity contribution in [3.63, 3.8) is 0 Å². The smallest absolute Gasteiger partial charge is 0.221 e. The zero-order chi connectivity index (χ0) is 22.5. The quantitative estimate of drug-likeness (QED) is 0.570. The fourth-order valence-electron chi connectivity index (χ4n) is 3.92. The number of carbonyl (C=O) groups is 1. The molecule has 3 aromatic carbocycles. The van der Waals surface area contributed by atoms with E-state index in [1.165, 1.54) is 18.6 Å². The lowest BCUT2D eigenvalue weighted by atomic mass is 10.1. The zero-order valence-electron chi connectivity index (χ0n) is 18.5. The fourth-order valence-corrected chi connectivity index (χ4v) is 3.92. The topological polar surface area (TPSA) is 44.8 Å². The molecule has 0 spiro atoms. The second kappa shape index (κ2) is 9.83. The van der Waals surface area contributed by atoms with Gasteiger partial charge in [0.15, 0.2) is 0 Å². The van der Waals surface area contributed by atoms with Gasteiger partial charge in [0.05, 0.1) is 5.69 Å². The van der Waals surface area contributed by atoms with Crippen LogP contribution in [0.5, 0.6) is 5.75 Å². The second-order valence-electron chi connectivity index (χ2n) is 8.11. The molecular weight excluding hydrogens is 405 g/mol. The highest BCUT2D eigenvalue weighted by Gasteiger charge is 2.22. The van der Waals surface area contributed by atoms with Crippen LogP contribution in [0.3, 0.4) is 0 Å². The van der Waals surface area contributed by atoms with Crippen LogP contribution in [0.25, 0.3) is 0 Å². The molecule has 0 fully saturated rings. The molecule has 1 aliphatic rings. The molecule has 0 bridgehead atoms. The number of benzene rings is 3. The summed E-state index contributed by atoms with van der Waals surface area (Å²) in [7, 11) is 2.11. The van der Waals surface area contributed by atoms with E-state index in [2.05, 4.69) is 22.2 Å². The Morgan fingerprint density at radius 1 is 1.06 bits per heavy atom. The number of halogens is 1. The number of para-hydroxylation sites is 2. The van der Waals surface area contributed by atoms with Gasteiger partial charge in [0.1, 0.15) is 18.2 Å². The van der Waals surface area contributed by atoms with Crippen LogP contribution in [-0.4, -0.2) is 37.5 Å². The van der Waals surface area contributed by atoms with Crippen LogP contribution in [0, 0.1) is 5.82 Å². The van der Waals surface area contributed by atoms with Crippen molar-refractivity contribution in [2.75, 3.05) is 36.9 Å². The molecule has 3 aromatic rings. The largest absolute Gasteiger partial charge is 0.487 e. The van der Waals surface area contributed by atoms with Crippen LogP contribution in [0.1, 0.15) is 18.1 Å². The van der Waals surface area contributed by atoms with E-state index in [1.54, 1.807) is 6.07 Å². The summed E-state index contributed by atoms with van der Waals surface area (Å²) in [5.74, 6) is 0.494. The summed E-state index contributed by atoms with van der Waals surface area (Å²) in [6.07, 6.45) is 0.915. The standard InChI is InChI=1S/C26H28FN3O2/c1-19(31)28-23-10-7-20(8-11-23)13-14-29(2)15-16-30-24-12-9-22(27)17-21(24)18-32-26-6-4-3-5-25(26)30/h3-12,17H,13-16,18H2,1-2H3,(H,28,31). The molecule has 0 aromatic heterocycles. The van der Waals surface area contributed by atoms with Crippen LogP contribution in [-0.2, 0) is 17.8 Å². The Bertz CT molecular complexity index is 1080. The molecule has 5 nitrogen and oxygen atoms in total. The number of likely N-dealkylation sites (N-methyl/N-ethyl adjacent to an activating group) is 1. The summed E-state index contributed by atoms with van der Waals surface area (Å²) in [6.45, 7) is 4.37. The summed E-state index contributed by atoms with van der Waals surface area (Å²) in [5, 5.41) is 2.79. The third-order valence-corrected chi connectivity index (χ3v) is 5.63. The molecule has 1 N–H and O–H groups in total. The maximum Gasteiger partial charge on any atom is 0.221 e. The third-order valence-electron chi connectivity index (χ3n) is 5.63. The summed E-state index contributed by atoms with van der Waals surface area (Å²) >= 11 is 0. The average molecular weight is 434 g/mol. The monoisotopic (exact) mass is 433 g/mol. The Morgan fingerprint density at radius 3 is 2.62 bits per heavy atom. The Labute approximate surface area is 188 Å². The lowest BCUT2D eigenvalue weighted by Gasteiger charge is -2.28. The van der Waals surface area contributed by atoms with E-state index in [-0.39, 0.29) is 11.7 Å². The van der Waals surface area contributed by atoms with Gasteiger partial charge >= 0.3 is 0 Å². The Balaban J connectivity index is 1.41. The van der Waals surface area contributed by atoms with Crippen molar-refractivity contribution in [1.82, 2.24) is 4.90 Å². The molecule has 166 valence electrons. The first kappa shape index (κ1) is 21.8. The molecule has 0 radical (unpaired) electrons. The first-order valence-corrected chi connectivity index (χ1v) is 10.8. The number of hydrogen-bond donors (Lipinski definition) is 1. The van der Waals surface area contributed by atoms with Gasteiger partial charge < -0.3 is 19.9 Å². The van der Waals surface area contributed by atoms with E-state index in [0.29, 0.717) is 6.61 Å². The molecule has 4 rings (SSSR count). The molecule has 0 saturated heterocycles. The Kier molecular flexibility index (Phi) is 6.71. The number of fused-ring (bicyclic) bond motifs is 2. The third kappa shape index (κ3) is 5.26. The van der Waals surface area contributed by atoms with E-state index in [1.807, 2.05) is 54.6 Å². The maximum atomic E-state index is 13.8. The minimum Gasteiger partial charge on any atom is -0.487 e. The van der Waals surface area contributed by atoms with Gasteiger partial charge in [0, 0.05) is 43.5 Å². The molecule has 32 heavy (non-hydrogen) atoms. The SMILES string of the molecule is CC(=O)Nc1ccc(CCN(C)CCN2c3ccc(F)cc3COc3ccccc32)cc1. The Hall–Kier alpha value is -3.38. The number of anilines is 3. The van der Waals surface area contributed by atoms with Crippen molar-refractivity contribution in [1.29, 1.82) is 0 Å². The number of amides is 1. The van der Waals surface area contributed by atoms with Crippen molar-refractivity contribution in [2.24, 2.45) is 0 Å². The summed E-state index contributed by atoms with van der Waals surface area (Å²) < 4.78 is 19.8. The molecule has 0 saturated carbocycles. The molecule has 1 heterocycles. The van der Waals surface area contributed by atoms with E-state index >= 15 is 0 Å². The van der Waals surface area contributed by atoms with Gasteiger partial charge in [-0.2, -0.15) is 0 Å². The number of rotatable bonds is 7. The predicted octanol–water partition coefficient (Wildman–Crippen LogP) is 4.99. The molecule has 6 heteroatoms. The molecule has 1 amide bonds. The van der Waals surface area contributed by atoms with Crippen molar-refractivity contribution < 1.29 is 13.9 Å². The van der Waals surface area contributed by atoms with Crippen molar-refractivity contribution in [3.05, 3.63) is 83.7 Å². The van der Waals surface area contributed by atoms with Gasteiger partial charge in [0.2, 0.25) is 5.91 Å². The van der Waals surface area contributed by atoms with E-state index < -0.39 is 0 Å². The highest BCUT2D eigenvalue weighted by atomic mass is 19.1. The maximum absolute atomic E-state index is 13.8. The van der Waals surface area contributed by atoms with Crippen molar-refractivity contribution in [3.8, 4) is 5.75 Å². The lowest BCUT2D eigenvalue weighted by molar-refractivity contribution is -0.114. The average Bonchev–Trinajstić information content (AvgIpc) is 2.93. The molecule has 0 aliphatic carbocycles. The highest BCUT2D eigenvalue weighted by molar-refractivity contribution is 5.88. The summed E-state index contributed by atoms with van der Waals surface area (Å²) in [6, 6.07) is 20.8. The number of nitrogens with one attached hydrogen (secondary N) is 1. The first-order valence-electron chi connectivity index (χ1n) is 10.8. The van der Waals surface area contributed by atoms with Gasteiger partial charge in [-0.1, -0.05) is 24.3 Å². The van der Waals surface area contributed by atoms with Gasteiger partial charge in [-0.25, -0.2) is 4.39 Å². The van der Waals surface area contributed by atoms with E-state index in [4.69, 9.17) is 4.74 Å². The van der Waals surface area contributed by atoms with Crippen molar-refractivity contribution >= 4 is 23.0 Å². The van der Waals surface area contributed by atoms with Crippen LogP contribution in [0.15, 0.2) is 66.7 Å². The van der Waals surface area contributed by atoms with E-state index in [0.717, 1.165) is 54.4 Å². The number of nitrogens with zero attached hydrogens (tertiary/aromatic N) is 2. The van der Waals surface area contributed by atoms with Crippen LogP contribution in [0.2, 0.25) is 0 Å². The zero-order valence-corrected chi connectivity index (χ0v) is 18.5. The minimum atomic E-state index is -0.250. The highest BCUT2D eigenvalue weighted by Crippen LogP contribution is 2.39. The number of hydrogen-bond acceptors (Lipinski definition) is 4. The van der Waals surface area contributed by atoms with Crippen LogP contribution in [0.4, 0.5) is 21.5 Å². The normalized spacial score (nSPS) is 12.6. The Morgan fingerprint density at radius 2 is 1.84 bits per heavy atom. The van der Waals surface area contributed by atoms with Gasteiger partial charge in [0.25, 0.3) is 0 Å². The molecule has 0 unspecified atom stereocenters. The van der Waals surface area contributed by atoms with Gasteiger partial charge in [-0.3, -0.25) is 4.79 Å². The summed E-state index contributed by atoms with van der Waals surface area (Å²) in [5.41, 5.74) is 4.87. The first-order chi connectivity index (χ1) is 15.5. The fraction of sp³-hybridized carbons (Fsp3) is 0.269. The van der Waals surface area contributed by atoms with Gasteiger partial charge in [-0.05, 0) is 61.5 Å². The van der Waals surface area contributed by atoms with Crippen LogP contribution >= 0.6 is 0 Å². The number of carbonyl (C=O) groups excluding carboxylic acids is 1. The molecule has 1 aliphatic heterocycles. The predicted molar refractivity (Wildman–Crippen MR) is 126 cm³/mol. The molecular formula is C26H28FN3O2. The van der Waals surface area contributed by atoms with E-state index in [9.17, 15) is 9.18 Å². The molecule has 0 atom stereocenters. The minimum absolute atomic E-state index is 0.0673. The number of ether oxygens (including phenoxy) is 1. The lowest BCUT2D eigenvalue weighted by Crippen LogP contribution is -2.32. The second-order valence-corrected chi connectivity index (χ2v) is 8.11. The van der Waals surface area contributed by atoms with Gasteiger partial charge in [-0.15, -0.1) is 0 Å². The van der Waals surface area contributed by atoms with Crippen molar-refractivity contribution in [2.45, 2.75) is 20.0 Å². The van der Waals surface area contributed by atoms with Crippen LogP contribution < -0.4 is 15.0 Å².